The molecule has 1 aliphatic heterocycles. The van der Waals surface area contributed by atoms with Gasteiger partial charge >= 0.3 is 0 Å². The molecule has 0 bridgehead atoms. The van der Waals surface area contributed by atoms with Crippen molar-refractivity contribution >= 4 is 33.0 Å². The Morgan fingerprint density at radius 3 is 2.68 bits per heavy atom. The van der Waals surface area contributed by atoms with Gasteiger partial charge in [-0.15, -0.1) is 11.3 Å². The standard InChI is InChI=1S/C19H20N4O3S2/c24-15-6-4-5-14(13-15)21-19-20-10-9-16(22-19)17-7-8-18(27-17)28(25,26)23-11-2-1-3-12-23/h4-10,13,24H,1-3,11-12H2,(H,20,21,22). The number of aromatic hydroxyl groups is 1. The monoisotopic (exact) mass is 416 g/mol. The molecule has 146 valence electrons. The van der Waals surface area contributed by atoms with Crippen molar-refractivity contribution in [1.29, 1.82) is 0 Å². The Bertz CT molecular complexity index is 1080. The lowest BCUT2D eigenvalue weighted by molar-refractivity contribution is 0.347. The Labute approximate surface area is 167 Å². The summed E-state index contributed by atoms with van der Waals surface area (Å²) in [5.41, 5.74) is 1.31. The number of rotatable bonds is 5. The molecule has 1 fully saturated rings. The maximum absolute atomic E-state index is 12.8. The quantitative estimate of drug-likeness (QED) is 0.656. The molecule has 2 N–H and O–H groups in total. The summed E-state index contributed by atoms with van der Waals surface area (Å²) in [7, 11) is -3.45. The summed E-state index contributed by atoms with van der Waals surface area (Å²) in [5.74, 6) is 0.518. The Hall–Kier alpha value is -2.49. The van der Waals surface area contributed by atoms with Gasteiger partial charge in [-0.3, -0.25) is 0 Å². The van der Waals surface area contributed by atoms with E-state index >= 15 is 0 Å². The topological polar surface area (TPSA) is 95.4 Å². The zero-order chi connectivity index (χ0) is 19.6. The number of hydrogen-bond donors (Lipinski definition) is 2. The van der Waals surface area contributed by atoms with Gasteiger partial charge in [-0.25, -0.2) is 18.4 Å². The van der Waals surface area contributed by atoms with E-state index in [0.717, 1.165) is 24.1 Å². The number of sulfonamides is 1. The van der Waals surface area contributed by atoms with Gasteiger partial charge in [0.05, 0.1) is 10.6 Å². The van der Waals surface area contributed by atoms with Crippen LogP contribution in [0.2, 0.25) is 0 Å². The van der Waals surface area contributed by atoms with Crippen LogP contribution >= 0.6 is 11.3 Å². The van der Waals surface area contributed by atoms with E-state index in [-0.39, 0.29) is 5.75 Å². The molecule has 0 spiro atoms. The number of thiophene rings is 1. The van der Waals surface area contributed by atoms with Crippen LogP contribution in [0.4, 0.5) is 11.6 Å². The molecule has 1 saturated heterocycles. The van der Waals surface area contributed by atoms with E-state index < -0.39 is 10.0 Å². The van der Waals surface area contributed by atoms with Gasteiger partial charge in [0.25, 0.3) is 10.0 Å². The van der Waals surface area contributed by atoms with E-state index in [4.69, 9.17) is 0 Å². The fourth-order valence-electron chi connectivity index (χ4n) is 3.10. The predicted octanol–water partition coefficient (Wildman–Crippen LogP) is 3.83. The summed E-state index contributed by atoms with van der Waals surface area (Å²) in [6, 6.07) is 11.8. The van der Waals surface area contributed by atoms with Crippen molar-refractivity contribution in [2.45, 2.75) is 23.5 Å². The lowest BCUT2D eigenvalue weighted by atomic mass is 10.2. The lowest BCUT2D eigenvalue weighted by Gasteiger charge is -2.25. The minimum atomic E-state index is -3.45. The van der Waals surface area contributed by atoms with Crippen LogP contribution in [0.25, 0.3) is 10.6 Å². The molecule has 3 heterocycles. The van der Waals surface area contributed by atoms with E-state index in [0.29, 0.717) is 34.6 Å². The van der Waals surface area contributed by atoms with Crippen molar-refractivity contribution in [1.82, 2.24) is 14.3 Å². The fraction of sp³-hybridized carbons (Fsp3) is 0.263. The zero-order valence-electron chi connectivity index (χ0n) is 15.1. The van der Waals surface area contributed by atoms with Crippen molar-refractivity contribution < 1.29 is 13.5 Å². The van der Waals surface area contributed by atoms with E-state index in [1.165, 1.54) is 11.3 Å². The summed E-state index contributed by atoms with van der Waals surface area (Å²) < 4.78 is 27.6. The third-order valence-corrected chi connectivity index (χ3v) is 7.97. The fourth-order valence-corrected chi connectivity index (χ4v) is 6.05. The summed E-state index contributed by atoms with van der Waals surface area (Å²) in [4.78, 5) is 9.43. The van der Waals surface area contributed by atoms with E-state index in [1.54, 1.807) is 53.0 Å². The summed E-state index contributed by atoms with van der Waals surface area (Å²) >= 11 is 1.22. The first kappa shape index (κ1) is 18.9. The maximum Gasteiger partial charge on any atom is 0.252 e. The molecule has 0 saturated carbocycles. The van der Waals surface area contributed by atoms with Crippen molar-refractivity contribution in [3.63, 3.8) is 0 Å². The second-order valence-electron chi connectivity index (χ2n) is 6.52. The molecular formula is C19H20N4O3S2. The molecule has 28 heavy (non-hydrogen) atoms. The van der Waals surface area contributed by atoms with Gasteiger partial charge in [0, 0.05) is 31.0 Å². The molecule has 1 aliphatic rings. The van der Waals surface area contributed by atoms with E-state index in [9.17, 15) is 13.5 Å². The SMILES string of the molecule is O=S(=O)(c1ccc(-c2ccnc(Nc3cccc(O)c3)n2)s1)N1CCCCC1. The average Bonchev–Trinajstić information content (AvgIpc) is 3.20. The first-order chi connectivity index (χ1) is 13.5. The molecule has 0 atom stereocenters. The van der Waals surface area contributed by atoms with Crippen LogP contribution in [0.3, 0.4) is 0 Å². The van der Waals surface area contributed by atoms with Crippen molar-refractivity contribution in [2.24, 2.45) is 0 Å². The minimum absolute atomic E-state index is 0.145. The average molecular weight is 417 g/mol. The van der Waals surface area contributed by atoms with Crippen molar-refractivity contribution in [2.75, 3.05) is 18.4 Å². The molecule has 0 unspecified atom stereocenters. The van der Waals surface area contributed by atoms with Crippen LogP contribution in [0.15, 0.2) is 52.9 Å². The molecule has 1 aromatic carbocycles. The molecule has 9 heteroatoms. The highest BCUT2D eigenvalue weighted by Crippen LogP contribution is 2.32. The molecular weight excluding hydrogens is 396 g/mol. The van der Waals surface area contributed by atoms with Gasteiger partial charge in [0.15, 0.2) is 0 Å². The molecule has 0 radical (unpaired) electrons. The summed E-state index contributed by atoms with van der Waals surface area (Å²) in [6.45, 7) is 1.17. The molecule has 2 aromatic heterocycles. The van der Waals surface area contributed by atoms with E-state index in [1.807, 2.05) is 0 Å². The van der Waals surface area contributed by atoms with Gasteiger partial charge in [-0.2, -0.15) is 4.31 Å². The Morgan fingerprint density at radius 1 is 1.07 bits per heavy atom. The minimum Gasteiger partial charge on any atom is -0.508 e. The zero-order valence-corrected chi connectivity index (χ0v) is 16.7. The number of anilines is 2. The number of piperidine rings is 1. The van der Waals surface area contributed by atoms with Crippen LogP contribution in [-0.4, -0.2) is 40.9 Å². The second-order valence-corrected chi connectivity index (χ2v) is 9.77. The molecule has 0 aliphatic carbocycles. The molecule has 0 amide bonds. The normalized spacial score (nSPS) is 15.4. The Kier molecular flexibility index (Phi) is 5.29. The largest absolute Gasteiger partial charge is 0.508 e. The van der Waals surface area contributed by atoms with Crippen LogP contribution in [0, 0.1) is 0 Å². The number of benzene rings is 1. The number of hydrogen-bond acceptors (Lipinski definition) is 7. The van der Waals surface area contributed by atoms with Crippen LogP contribution in [-0.2, 0) is 10.0 Å². The van der Waals surface area contributed by atoms with Gasteiger partial charge < -0.3 is 10.4 Å². The van der Waals surface area contributed by atoms with E-state index in [2.05, 4.69) is 15.3 Å². The first-order valence-electron chi connectivity index (χ1n) is 9.02. The van der Waals surface area contributed by atoms with Crippen molar-refractivity contribution in [3.8, 4) is 16.3 Å². The van der Waals surface area contributed by atoms with Gasteiger partial charge in [-0.1, -0.05) is 12.5 Å². The summed E-state index contributed by atoms with van der Waals surface area (Å²) in [5, 5.41) is 12.6. The number of aromatic nitrogens is 2. The van der Waals surface area contributed by atoms with Gasteiger partial charge in [0.1, 0.15) is 9.96 Å². The number of nitrogens with zero attached hydrogens (tertiary/aromatic N) is 3. The predicted molar refractivity (Wildman–Crippen MR) is 109 cm³/mol. The highest BCUT2D eigenvalue weighted by atomic mass is 32.2. The highest BCUT2D eigenvalue weighted by molar-refractivity contribution is 7.91. The van der Waals surface area contributed by atoms with Crippen LogP contribution in [0.1, 0.15) is 19.3 Å². The molecule has 3 aromatic rings. The third-order valence-electron chi connectivity index (χ3n) is 4.50. The highest BCUT2D eigenvalue weighted by Gasteiger charge is 2.27. The Balaban J connectivity index is 1.57. The van der Waals surface area contributed by atoms with Crippen LogP contribution < -0.4 is 5.32 Å². The first-order valence-corrected chi connectivity index (χ1v) is 11.3. The summed E-state index contributed by atoms with van der Waals surface area (Å²) in [6.07, 6.45) is 4.52. The number of phenolic OH excluding ortho intramolecular Hbond substituents is 1. The van der Waals surface area contributed by atoms with Crippen molar-refractivity contribution in [3.05, 3.63) is 48.7 Å². The second kappa shape index (κ2) is 7.86. The third kappa shape index (κ3) is 4.01. The Morgan fingerprint density at radius 2 is 1.89 bits per heavy atom. The lowest BCUT2D eigenvalue weighted by Crippen LogP contribution is -2.35. The van der Waals surface area contributed by atoms with Gasteiger partial charge in [0.2, 0.25) is 5.95 Å². The number of phenols is 1. The number of nitrogens with one attached hydrogen (secondary N) is 1. The smallest absolute Gasteiger partial charge is 0.252 e. The molecule has 4 rings (SSSR count). The van der Waals surface area contributed by atoms with Crippen LogP contribution in [0.5, 0.6) is 5.75 Å². The van der Waals surface area contributed by atoms with Gasteiger partial charge in [-0.05, 0) is 43.2 Å². The maximum atomic E-state index is 12.8. The molecule has 7 nitrogen and oxygen atoms in total.